The number of hydrogen-bond acceptors (Lipinski definition) is 4. The number of carbonyl (C=O) groups excluding carboxylic acids is 1. The van der Waals surface area contributed by atoms with Crippen molar-refractivity contribution < 1.29 is 4.79 Å². The van der Waals surface area contributed by atoms with Crippen LogP contribution in [-0.2, 0) is 17.9 Å². The third kappa shape index (κ3) is 3.61. The predicted octanol–water partition coefficient (Wildman–Crippen LogP) is 2.53. The number of aromatic amines is 1. The number of carbonyl (C=O) groups is 1. The van der Waals surface area contributed by atoms with Crippen LogP contribution in [-0.4, -0.2) is 30.9 Å². The third-order valence-electron chi connectivity index (χ3n) is 4.15. The lowest BCUT2D eigenvalue weighted by molar-refractivity contribution is -0.121. The summed E-state index contributed by atoms with van der Waals surface area (Å²) in [7, 11) is 0. The molecule has 0 aliphatic heterocycles. The minimum absolute atomic E-state index is 0.0122. The maximum Gasteiger partial charge on any atom is 0.222 e. The summed E-state index contributed by atoms with van der Waals surface area (Å²) < 4.78 is 1.64. The van der Waals surface area contributed by atoms with E-state index >= 15 is 0 Å². The number of para-hydroxylation sites is 2. The summed E-state index contributed by atoms with van der Waals surface area (Å²) >= 11 is 0. The molecule has 7 nitrogen and oxygen atoms in total. The number of fused-ring (bicyclic) bond motifs is 1. The van der Waals surface area contributed by atoms with Gasteiger partial charge in [-0.2, -0.15) is 0 Å². The molecule has 2 aromatic carbocycles. The van der Waals surface area contributed by atoms with Crippen LogP contribution in [0.3, 0.4) is 0 Å². The van der Waals surface area contributed by atoms with Crippen molar-refractivity contribution in [1.29, 1.82) is 0 Å². The first-order valence-corrected chi connectivity index (χ1v) is 8.43. The van der Waals surface area contributed by atoms with Crippen LogP contribution in [0.25, 0.3) is 22.4 Å². The first-order chi connectivity index (χ1) is 12.8. The molecule has 130 valence electrons. The Hall–Kier alpha value is -3.48. The van der Waals surface area contributed by atoms with Gasteiger partial charge in [0.25, 0.3) is 0 Å². The molecule has 4 aromatic rings. The zero-order valence-electron chi connectivity index (χ0n) is 14.1. The van der Waals surface area contributed by atoms with Crippen LogP contribution < -0.4 is 5.32 Å². The lowest BCUT2D eigenvalue weighted by Crippen LogP contribution is -2.24. The number of nitrogens with one attached hydrogen (secondary N) is 2. The molecule has 1 amide bonds. The van der Waals surface area contributed by atoms with Gasteiger partial charge in [0.2, 0.25) is 5.91 Å². The van der Waals surface area contributed by atoms with E-state index in [4.69, 9.17) is 0 Å². The van der Waals surface area contributed by atoms with Crippen molar-refractivity contribution in [2.75, 3.05) is 0 Å². The first-order valence-electron chi connectivity index (χ1n) is 8.43. The average Bonchev–Trinajstić information content (AvgIpc) is 3.34. The summed E-state index contributed by atoms with van der Waals surface area (Å²) in [6.45, 7) is 1.02. The van der Waals surface area contributed by atoms with Gasteiger partial charge in [-0.3, -0.25) is 9.48 Å². The number of H-pyrrole nitrogens is 1. The number of amides is 1. The van der Waals surface area contributed by atoms with E-state index in [-0.39, 0.29) is 5.91 Å². The zero-order chi connectivity index (χ0) is 17.8. The van der Waals surface area contributed by atoms with Gasteiger partial charge in [0.05, 0.1) is 23.8 Å². The van der Waals surface area contributed by atoms with Crippen molar-refractivity contribution in [3.8, 4) is 11.4 Å². The molecule has 2 N–H and O–H groups in total. The molecule has 0 atom stereocenters. The molecular formula is C19H18N6O. The average molecular weight is 346 g/mol. The fraction of sp³-hybridized carbons (Fsp3) is 0.158. The fourth-order valence-corrected chi connectivity index (χ4v) is 2.73. The highest BCUT2D eigenvalue weighted by Gasteiger charge is 2.06. The fourth-order valence-electron chi connectivity index (χ4n) is 2.73. The molecule has 0 aliphatic rings. The number of imidazole rings is 1. The van der Waals surface area contributed by atoms with Gasteiger partial charge in [0, 0.05) is 24.7 Å². The molecule has 0 saturated heterocycles. The van der Waals surface area contributed by atoms with Crippen LogP contribution in [0.15, 0.2) is 60.9 Å². The second-order valence-corrected chi connectivity index (χ2v) is 5.99. The highest BCUT2D eigenvalue weighted by Crippen LogP contribution is 2.20. The van der Waals surface area contributed by atoms with Gasteiger partial charge in [0.1, 0.15) is 5.82 Å². The van der Waals surface area contributed by atoms with Gasteiger partial charge < -0.3 is 10.3 Å². The maximum atomic E-state index is 11.9. The van der Waals surface area contributed by atoms with Crippen LogP contribution >= 0.6 is 0 Å². The van der Waals surface area contributed by atoms with Crippen molar-refractivity contribution in [2.45, 2.75) is 19.5 Å². The highest BCUT2D eigenvalue weighted by molar-refractivity contribution is 5.79. The molecule has 26 heavy (non-hydrogen) atoms. The number of benzene rings is 2. The van der Waals surface area contributed by atoms with Crippen molar-refractivity contribution in [2.24, 2.45) is 0 Å². The summed E-state index contributed by atoms with van der Waals surface area (Å²) in [5.74, 6) is 0.830. The van der Waals surface area contributed by atoms with E-state index in [1.54, 1.807) is 17.1 Å². The SMILES string of the molecule is O=C(CCn1ccnn1)NCc1ccc(-c2nc3ccccc3[nH]2)cc1. The van der Waals surface area contributed by atoms with Gasteiger partial charge in [-0.1, -0.05) is 41.6 Å². The number of hydrogen-bond donors (Lipinski definition) is 2. The molecule has 2 aromatic heterocycles. The monoisotopic (exact) mass is 346 g/mol. The van der Waals surface area contributed by atoms with Crippen molar-refractivity contribution in [3.05, 3.63) is 66.5 Å². The Morgan fingerprint density at radius 3 is 2.73 bits per heavy atom. The first kappa shape index (κ1) is 16.0. The molecule has 0 bridgehead atoms. The Bertz CT molecular complexity index is 971. The third-order valence-corrected chi connectivity index (χ3v) is 4.15. The van der Waals surface area contributed by atoms with Crippen LogP contribution in [0.1, 0.15) is 12.0 Å². The van der Waals surface area contributed by atoms with Crippen molar-refractivity contribution >= 4 is 16.9 Å². The van der Waals surface area contributed by atoms with Gasteiger partial charge >= 0.3 is 0 Å². The van der Waals surface area contributed by atoms with Crippen molar-refractivity contribution in [1.82, 2.24) is 30.3 Å². The molecule has 0 saturated carbocycles. The highest BCUT2D eigenvalue weighted by atomic mass is 16.1. The minimum Gasteiger partial charge on any atom is -0.352 e. The van der Waals surface area contributed by atoms with E-state index in [2.05, 4.69) is 25.6 Å². The standard InChI is InChI=1S/C19H18N6O/c26-18(9-11-25-12-10-21-24-25)20-13-14-5-7-15(8-6-14)19-22-16-3-1-2-4-17(16)23-19/h1-8,10,12H,9,11,13H2,(H,20,26)(H,22,23). The molecule has 0 spiro atoms. The molecule has 7 heteroatoms. The Morgan fingerprint density at radius 1 is 1.12 bits per heavy atom. The summed E-state index contributed by atoms with van der Waals surface area (Å²) in [4.78, 5) is 19.8. The molecule has 0 unspecified atom stereocenters. The van der Waals surface area contributed by atoms with E-state index in [1.807, 2.05) is 48.5 Å². The van der Waals surface area contributed by atoms with Gasteiger partial charge in [-0.25, -0.2) is 4.98 Å². The quantitative estimate of drug-likeness (QED) is 0.561. The smallest absolute Gasteiger partial charge is 0.222 e. The topological polar surface area (TPSA) is 88.5 Å². The molecule has 4 rings (SSSR count). The van der Waals surface area contributed by atoms with E-state index in [0.717, 1.165) is 28.0 Å². The Balaban J connectivity index is 1.34. The normalized spacial score (nSPS) is 10.9. The summed E-state index contributed by atoms with van der Waals surface area (Å²) in [5.41, 5.74) is 4.03. The minimum atomic E-state index is -0.0122. The number of rotatable bonds is 6. The Labute approximate surface area is 150 Å². The van der Waals surface area contributed by atoms with Crippen LogP contribution in [0.4, 0.5) is 0 Å². The second-order valence-electron chi connectivity index (χ2n) is 5.99. The van der Waals surface area contributed by atoms with Crippen LogP contribution in [0.5, 0.6) is 0 Å². The lowest BCUT2D eigenvalue weighted by Gasteiger charge is -2.06. The lowest BCUT2D eigenvalue weighted by atomic mass is 10.1. The zero-order valence-corrected chi connectivity index (χ0v) is 14.1. The molecule has 2 heterocycles. The Kier molecular flexibility index (Phi) is 4.42. The largest absolute Gasteiger partial charge is 0.352 e. The summed E-state index contributed by atoms with van der Waals surface area (Å²) in [6.07, 6.45) is 3.71. The van der Waals surface area contributed by atoms with E-state index in [0.29, 0.717) is 19.5 Å². The van der Waals surface area contributed by atoms with E-state index < -0.39 is 0 Å². The number of aryl methyl sites for hydroxylation is 1. The van der Waals surface area contributed by atoms with Gasteiger partial charge in [-0.05, 0) is 17.7 Å². The van der Waals surface area contributed by atoms with E-state index in [9.17, 15) is 4.79 Å². The van der Waals surface area contributed by atoms with Crippen molar-refractivity contribution in [3.63, 3.8) is 0 Å². The van der Waals surface area contributed by atoms with Gasteiger partial charge in [-0.15, -0.1) is 5.10 Å². The van der Waals surface area contributed by atoms with E-state index in [1.165, 1.54) is 0 Å². The summed E-state index contributed by atoms with van der Waals surface area (Å²) in [5, 5.41) is 10.5. The Morgan fingerprint density at radius 2 is 1.96 bits per heavy atom. The maximum absolute atomic E-state index is 11.9. The number of nitrogens with zero attached hydrogens (tertiary/aromatic N) is 4. The molecule has 0 radical (unpaired) electrons. The van der Waals surface area contributed by atoms with Gasteiger partial charge in [0.15, 0.2) is 0 Å². The molecular weight excluding hydrogens is 328 g/mol. The molecule has 0 fully saturated rings. The molecule has 0 aliphatic carbocycles. The predicted molar refractivity (Wildman–Crippen MR) is 98.0 cm³/mol. The second kappa shape index (κ2) is 7.18. The van der Waals surface area contributed by atoms with Crippen LogP contribution in [0, 0.1) is 0 Å². The summed E-state index contributed by atoms with van der Waals surface area (Å²) in [6, 6.07) is 16.0. The van der Waals surface area contributed by atoms with Crippen LogP contribution in [0.2, 0.25) is 0 Å². The number of aromatic nitrogens is 5.